The fourth-order valence-electron chi connectivity index (χ4n) is 2.11. The van der Waals surface area contributed by atoms with E-state index in [1.54, 1.807) is 18.2 Å². The quantitative estimate of drug-likeness (QED) is 0.781. The number of aromatic carboxylic acids is 1. The van der Waals surface area contributed by atoms with Crippen molar-refractivity contribution < 1.29 is 9.90 Å². The molecule has 0 radical (unpaired) electrons. The number of fused-ring (bicyclic) bond motifs is 1. The number of benzene rings is 1. The van der Waals surface area contributed by atoms with Gasteiger partial charge < -0.3 is 10.1 Å². The molecule has 2 aromatic heterocycles. The maximum absolute atomic E-state index is 12.0. The maximum atomic E-state index is 12.0. The molecule has 102 valence electrons. The zero-order valence-electron chi connectivity index (χ0n) is 10.1. The highest BCUT2D eigenvalue weighted by atomic mass is 35.5. The van der Waals surface area contributed by atoms with Crippen LogP contribution in [0.25, 0.3) is 11.0 Å². The Hall–Kier alpha value is -2.05. The summed E-state index contributed by atoms with van der Waals surface area (Å²) >= 11 is 7.26. The number of halogens is 1. The van der Waals surface area contributed by atoms with Crippen LogP contribution in [-0.4, -0.2) is 20.6 Å². The van der Waals surface area contributed by atoms with Gasteiger partial charge in [0.1, 0.15) is 0 Å². The molecule has 0 aliphatic heterocycles. The number of carboxylic acids is 1. The van der Waals surface area contributed by atoms with E-state index >= 15 is 0 Å². The second-order valence-corrected chi connectivity index (χ2v) is 6.03. The Balaban J connectivity index is 2.16. The Morgan fingerprint density at radius 2 is 2.15 bits per heavy atom. The van der Waals surface area contributed by atoms with Gasteiger partial charge in [-0.25, -0.2) is 9.59 Å². The Labute approximate surface area is 122 Å². The molecule has 0 saturated heterocycles. The van der Waals surface area contributed by atoms with E-state index in [9.17, 15) is 9.59 Å². The molecule has 5 nitrogen and oxygen atoms in total. The number of imidazole rings is 1. The molecule has 2 heterocycles. The van der Waals surface area contributed by atoms with Gasteiger partial charge >= 0.3 is 11.7 Å². The van der Waals surface area contributed by atoms with E-state index in [-0.39, 0.29) is 11.3 Å². The highest BCUT2D eigenvalue weighted by molar-refractivity contribution is 7.16. The van der Waals surface area contributed by atoms with Gasteiger partial charge in [-0.1, -0.05) is 17.7 Å². The first-order valence-electron chi connectivity index (χ1n) is 5.75. The third-order valence-corrected chi connectivity index (χ3v) is 4.20. The number of carbonyl (C=O) groups is 1. The smallest absolute Gasteiger partial charge is 0.337 e. The fourth-order valence-corrected chi connectivity index (χ4v) is 3.18. The second-order valence-electron chi connectivity index (χ2n) is 4.23. The van der Waals surface area contributed by atoms with Crippen LogP contribution in [-0.2, 0) is 6.54 Å². The van der Waals surface area contributed by atoms with Crippen molar-refractivity contribution in [3.63, 3.8) is 0 Å². The van der Waals surface area contributed by atoms with E-state index in [1.165, 1.54) is 22.0 Å². The van der Waals surface area contributed by atoms with E-state index in [2.05, 4.69) is 4.98 Å². The van der Waals surface area contributed by atoms with Crippen LogP contribution in [0, 0.1) is 0 Å². The van der Waals surface area contributed by atoms with Gasteiger partial charge in [0.05, 0.1) is 27.5 Å². The number of nitrogens with one attached hydrogen (secondary N) is 1. The molecule has 0 unspecified atom stereocenters. The van der Waals surface area contributed by atoms with Gasteiger partial charge in [0.15, 0.2) is 0 Å². The number of para-hydroxylation sites is 1. The van der Waals surface area contributed by atoms with Crippen LogP contribution in [0.5, 0.6) is 0 Å². The number of aromatic amines is 1. The van der Waals surface area contributed by atoms with Crippen LogP contribution in [0.4, 0.5) is 0 Å². The van der Waals surface area contributed by atoms with Crippen molar-refractivity contribution in [2.75, 3.05) is 0 Å². The maximum Gasteiger partial charge on any atom is 0.337 e. The Morgan fingerprint density at radius 3 is 2.80 bits per heavy atom. The van der Waals surface area contributed by atoms with Crippen LogP contribution in [0.15, 0.2) is 35.1 Å². The molecule has 7 heteroatoms. The summed E-state index contributed by atoms with van der Waals surface area (Å²) in [6.07, 6.45) is 0. The highest BCUT2D eigenvalue weighted by Gasteiger charge is 2.14. The molecular weight excluding hydrogens is 300 g/mol. The summed E-state index contributed by atoms with van der Waals surface area (Å²) in [7, 11) is 0. The molecule has 3 aromatic rings. The molecular formula is C13H9ClN2O3S. The SMILES string of the molecule is O=C(O)c1cccc2c1[nH]c(=O)n2Cc1ccc(Cl)s1. The average Bonchev–Trinajstić information content (AvgIpc) is 2.94. The summed E-state index contributed by atoms with van der Waals surface area (Å²) in [5, 5.41) is 9.13. The number of hydrogen-bond acceptors (Lipinski definition) is 3. The number of nitrogens with zero attached hydrogens (tertiary/aromatic N) is 1. The van der Waals surface area contributed by atoms with E-state index in [0.29, 0.717) is 21.9 Å². The number of carboxylic acid groups (broad SMARTS) is 1. The van der Waals surface area contributed by atoms with Crippen LogP contribution in [0.3, 0.4) is 0 Å². The number of rotatable bonds is 3. The van der Waals surface area contributed by atoms with Crippen molar-refractivity contribution in [3.8, 4) is 0 Å². The van der Waals surface area contributed by atoms with Crippen molar-refractivity contribution in [1.29, 1.82) is 0 Å². The summed E-state index contributed by atoms with van der Waals surface area (Å²) in [5.41, 5.74) is 0.660. The molecule has 0 atom stereocenters. The fraction of sp³-hybridized carbons (Fsp3) is 0.0769. The topological polar surface area (TPSA) is 75.1 Å². The molecule has 20 heavy (non-hydrogen) atoms. The molecule has 0 aliphatic rings. The lowest BCUT2D eigenvalue weighted by Crippen LogP contribution is -2.16. The molecule has 0 bridgehead atoms. The minimum absolute atomic E-state index is 0.0857. The Bertz CT molecular complexity index is 862. The Kier molecular flexibility index (Phi) is 3.11. The van der Waals surface area contributed by atoms with Gasteiger partial charge in [-0.3, -0.25) is 4.57 Å². The third-order valence-electron chi connectivity index (χ3n) is 2.98. The van der Waals surface area contributed by atoms with Crippen molar-refractivity contribution in [3.05, 3.63) is 55.6 Å². The lowest BCUT2D eigenvalue weighted by atomic mass is 10.2. The van der Waals surface area contributed by atoms with Gasteiger partial charge in [0.25, 0.3) is 0 Å². The molecule has 0 amide bonds. The number of thiophene rings is 1. The van der Waals surface area contributed by atoms with Crippen molar-refractivity contribution >= 4 is 39.9 Å². The van der Waals surface area contributed by atoms with Crippen LogP contribution >= 0.6 is 22.9 Å². The van der Waals surface area contributed by atoms with Crippen LogP contribution < -0.4 is 5.69 Å². The predicted octanol–water partition coefficient (Wildman–Crippen LogP) is 2.79. The van der Waals surface area contributed by atoms with Gasteiger partial charge in [-0.15, -0.1) is 11.3 Å². The number of aromatic nitrogens is 2. The largest absolute Gasteiger partial charge is 0.478 e. The normalized spacial score (nSPS) is 11.1. The summed E-state index contributed by atoms with van der Waals surface area (Å²) in [6.45, 7) is 0.360. The monoisotopic (exact) mass is 308 g/mol. The van der Waals surface area contributed by atoms with E-state index in [4.69, 9.17) is 16.7 Å². The summed E-state index contributed by atoms with van der Waals surface area (Å²) in [4.78, 5) is 26.7. The molecule has 0 saturated carbocycles. The van der Waals surface area contributed by atoms with Crippen molar-refractivity contribution in [1.82, 2.24) is 9.55 Å². The zero-order chi connectivity index (χ0) is 14.3. The molecule has 0 spiro atoms. The van der Waals surface area contributed by atoms with E-state index < -0.39 is 5.97 Å². The van der Waals surface area contributed by atoms with Crippen molar-refractivity contribution in [2.45, 2.75) is 6.54 Å². The first-order valence-corrected chi connectivity index (χ1v) is 6.95. The van der Waals surface area contributed by atoms with E-state index in [1.807, 2.05) is 6.07 Å². The number of hydrogen-bond donors (Lipinski definition) is 2. The Morgan fingerprint density at radius 1 is 1.35 bits per heavy atom. The summed E-state index contributed by atoms with van der Waals surface area (Å²) < 4.78 is 2.16. The van der Waals surface area contributed by atoms with Crippen molar-refractivity contribution in [2.24, 2.45) is 0 Å². The standard InChI is InChI=1S/C13H9ClN2O3S/c14-10-5-4-7(20-10)6-16-9-3-1-2-8(12(17)18)11(9)15-13(16)19/h1-5H,6H2,(H,15,19)(H,17,18). The molecule has 0 aliphatic carbocycles. The third kappa shape index (κ3) is 2.13. The summed E-state index contributed by atoms with van der Waals surface area (Å²) in [6, 6.07) is 8.42. The van der Waals surface area contributed by atoms with Crippen LogP contribution in [0.2, 0.25) is 4.34 Å². The zero-order valence-corrected chi connectivity index (χ0v) is 11.7. The highest BCUT2D eigenvalue weighted by Crippen LogP contribution is 2.23. The van der Waals surface area contributed by atoms with Gasteiger partial charge in [0, 0.05) is 4.88 Å². The van der Waals surface area contributed by atoms with Gasteiger partial charge in [-0.2, -0.15) is 0 Å². The predicted molar refractivity (Wildman–Crippen MR) is 77.9 cm³/mol. The lowest BCUT2D eigenvalue weighted by Gasteiger charge is -2.01. The molecule has 2 N–H and O–H groups in total. The first-order chi connectivity index (χ1) is 9.56. The first kappa shape index (κ1) is 13.0. The molecule has 3 rings (SSSR count). The van der Waals surface area contributed by atoms with E-state index in [0.717, 1.165) is 4.88 Å². The van der Waals surface area contributed by atoms with Gasteiger partial charge in [0.2, 0.25) is 0 Å². The number of H-pyrrole nitrogens is 1. The minimum Gasteiger partial charge on any atom is -0.478 e. The summed E-state index contributed by atoms with van der Waals surface area (Å²) in [5.74, 6) is -1.07. The molecule has 1 aromatic carbocycles. The average molecular weight is 309 g/mol. The minimum atomic E-state index is -1.07. The molecule has 0 fully saturated rings. The van der Waals surface area contributed by atoms with Crippen LogP contribution in [0.1, 0.15) is 15.2 Å². The second kappa shape index (κ2) is 4.81. The lowest BCUT2D eigenvalue weighted by molar-refractivity contribution is 0.0699. The van der Waals surface area contributed by atoms with Gasteiger partial charge in [-0.05, 0) is 24.3 Å².